The van der Waals surface area contributed by atoms with Gasteiger partial charge in [0.1, 0.15) is 5.56 Å². The number of carboxylic acid groups (broad SMARTS) is 1. The van der Waals surface area contributed by atoms with Gasteiger partial charge in [0.05, 0.1) is 0 Å². The second-order valence-corrected chi connectivity index (χ2v) is 3.96. The molecule has 0 aliphatic rings. The predicted molar refractivity (Wildman–Crippen MR) is 56.8 cm³/mol. The van der Waals surface area contributed by atoms with Crippen molar-refractivity contribution >= 4 is 23.3 Å². The number of halogens is 1. The normalized spacial score (nSPS) is 11.2. The Hall–Kier alpha value is -1.69. The van der Waals surface area contributed by atoms with Gasteiger partial charge in [-0.2, -0.15) is 9.50 Å². The summed E-state index contributed by atoms with van der Waals surface area (Å²) in [6.07, 6.45) is 1.18. The maximum absolute atomic E-state index is 10.8. The molecule has 1 N–H and O–H groups in total. The standard InChI is InChI=1S/C9H9ClN4O2/c1-4(2)7-12-9-11-3-5(8(15)16)6(10)14(9)13-7/h3-4H,1-2H3,(H,15,16). The zero-order valence-corrected chi connectivity index (χ0v) is 9.43. The molecule has 0 aliphatic carbocycles. The first-order valence-corrected chi connectivity index (χ1v) is 5.03. The van der Waals surface area contributed by atoms with Gasteiger partial charge in [-0.1, -0.05) is 25.4 Å². The Morgan fingerprint density at radius 2 is 2.25 bits per heavy atom. The number of aromatic nitrogens is 4. The summed E-state index contributed by atoms with van der Waals surface area (Å²) < 4.78 is 1.24. The molecule has 0 bridgehead atoms. The third-order valence-electron chi connectivity index (χ3n) is 2.07. The zero-order chi connectivity index (χ0) is 11.9. The van der Waals surface area contributed by atoms with Crippen LogP contribution >= 0.6 is 11.6 Å². The molecule has 6 nitrogen and oxygen atoms in total. The Balaban J connectivity index is 2.69. The average Bonchev–Trinajstić information content (AvgIpc) is 2.62. The van der Waals surface area contributed by atoms with Crippen molar-refractivity contribution in [1.29, 1.82) is 0 Å². The quantitative estimate of drug-likeness (QED) is 0.807. The van der Waals surface area contributed by atoms with Crippen molar-refractivity contribution < 1.29 is 9.90 Å². The lowest BCUT2D eigenvalue weighted by atomic mass is 10.2. The van der Waals surface area contributed by atoms with Crippen molar-refractivity contribution in [3.63, 3.8) is 0 Å². The summed E-state index contributed by atoms with van der Waals surface area (Å²) in [5.74, 6) is -0.123. The monoisotopic (exact) mass is 240 g/mol. The smallest absolute Gasteiger partial charge is 0.340 e. The van der Waals surface area contributed by atoms with Crippen molar-refractivity contribution in [3.8, 4) is 0 Å². The number of aromatic carboxylic acids is 1. The van der Waals surface area contributed by atoms with Gasteiger partial charge in [-0.3, -0.25) is 0 Å². The number of rotatable bonds is 2. The van der Waals surface area contributed by atoms with Crippen LogP contribution in [0.2, 0.25) is 5.15 Å². The number of carbonyl (C=O) groups is 1. The maximum Gasteiger partial charge on any atom is 0.340 e. The van der Waals surface area contributed by atoms with E-state index in [4.69, 9.17) is 16.7 Å². The van der Waals surface area contributed by atoms with Crippen LogP contribution in [-0.2, 0) is 0 Å². The Bertz CT molecular complexity index is 564. The molecule has 0 radical (unpaired) electrons. The molecule has 2 aromatic rings. The third-order valence-corrected chi connectivity index (χ3v) is 2.43. The van der Waals surface area contributed by atoms with Gasteiger partial charge in [-0.15, -0.1) is 5.10 Å². The molecule has 0 aromatic carbocycles. The van der Waals surface area contributed by atoms with Crippen LogP contribution < -0.4 is 0 Å². The van der Waals surface area contributed by atoms with Gasteiger partial charge in [0, 0.05) is 12.1 Å². The average molecular weight is 241 g/mol. The van der Waals surface area contributed by atoms with E-state index < -0.39 is 5.97 Å². The molecule has 0 spiro atoms. The summed E-state index contributed by atoms with van der Waals surface area (Å²) in [6.45, 7) is 3.86. The van der Waals surface area contributed by atoms with E-state index in [-0.39, 0.29) is 16.6 Å². The number of nitrogens with zero attached hydrogens (tertiary/aromatic N) is 4. The van der Waals surface area contributed by atoms with Crippen LogP contribution in [0.15, 0.2) is 6.20 Å². The molecule has 7 heteroatoms. The third kappa shape index (κ3) is 1.61. The van der Waals surface area contributed by atoms with Gasteiger partial charge >= 0.3 is 5.97 Å². The number of hydrogen-bond donors (Lipinski definition) is 1. The van der Waals surface area contributed by atoms with Crippen LogP contribution in [0.4, 0.5) is 0 Å². The molecule has 0 fully saturated rings. The van der Waals surface area contributed by atoms with Crippen LogP contribution in [0.25, 0.3) is 5.78 Å². The fraction of sp³-hybridized carbons (Fsp3) is 0.333. The summed E-state index contributed by atoms with van der Waals surface area (Å²) in [4.78, 5) is 18.8. The minimum Gasteiger partial charge on any atom is -0.478 e. The fourth-order valence-electron chi connectivity index (χ4n) is 1.21. The maximum atomic E-state index is 10.8. The number of carboxylic acids is 1. The summed E-state index contributed by atoms with van der Waals surface area (Å²) in [5, 5.41) is 13.0. The van der Waals surface area contributed by atoms with Gasteiger partial charge in [-0.25, -0.2) is 9.78 Å². The van der Waals surface area contributed by atoms with E-state index in [1.807, 2.05) is 13.8 Å². The second kappa shape index (κ2) is 3.71. The van der Waals surface area contributed by atoms with Crippen LogP contribution in [0.1, 0.15) is 35.9 Å². The SMILES string of the molecule is CC(C)c1nc2ncc(C(=O)O)c(Cl)n2n1. The minimum atomic E-state index is -1.14. The van der Waals surface area contributed by atoms with E-state index in [1.54, 1.807) is 0 Å². The van der Waals surface area contributed by atoms with E-state index >= 15 is 0 Å². The fourth-order valence-corrected chi connectivity index (χ4v) is 1.46. The van der Waals surface area contributed by atoms with Crippen molar-refractivity contribution in [1.82, 2.24) is 19.6 Å². The van der Waals surface area contributed by atoms with E-state index in [9.17, 15) is 4.79 Å². The highest BCUT2D eigenvalue weighted by atomic mass is 35.5. The summed E-state index contributed by atoms with van der Waals surface area (Å²) in [6, 6.07) is 0. The van der Waals surface area contributed by atoms with Crippen molar-refractivity contribution in [2.24, 2.45) is 0 Å². The molecule has 0 aliphatic heterocycles. The molecule has 2 heterocycles. The number of fused-ring (bicyclic) bond motifs is 1. The Morgan fingerprint density at radius 3 is 2.81 bits per heavy atom. The van der Waals surface area contributed by atoms with Gasteiger partial charge in [0.15, 0.2) is 11.0 Å². The minimum absolute atomic E-state index is 0.0110. The first-order chi connectivity index (χ1) is 7.50. The summed E-state index contributed by atoms with van der Waals surface area (Å²) >= 11 is 5.89. The Morgan fingerprint density at radius 1 is 1.56 bits per heavy atom. The van der Waals surface area contributed by atoms with Gasteiger partial charge in [0.2, 0.25) is 0 Å². The molecule has 0 saturated heterocycles. The van der Waals surface area contributed by atoms with Crippen molar-refractivity contribution in [2.45, 2.75) is 19.8 Å². The van der Waals surface area contributed by atoms with Crippen molar-refractivity contribution in [3.05, 3.63) is 22.7 Å². The zero-order valence-electron chi connectivity index (χ0n) is 8.68. The molecule has 2 aromatic heterocycles. The Kier molecular flexibility index (Phi) is 2.51. The van der Waals surface area contributed by atoms with Crippen LogP contribution in [-0.4, -0.2) is 30.7 Å². The van der Waals surface area contributed by atoms with Crippen LogP contribution in [0.3, 0.4) is 0 Å². The first kappa shape index (κ1) is 10.8. The second-order valence-electron chi connectivity index (χ2n) is 3.60. The van der Waals surface area contributed by atoms with Crippen LogP contribution in [0.5, 0.6) is 0 Å². The lowest BCUT2D eigenvalue weighted by Gasteiger charge is -1.98. The highest BCUT2D eigenvalue weighted by Crippen LogP contribution is 2.17. The molecule has 0 atom stereocenters. The largest absolute Gasteiger partial charge is 0.478 e. The van der Waals surface area contributed by atoms with E-state index in [0.29, 0.717) is 11.6 Å². The van der Waals surface area contributed by atoms with E-state index in [1.165, 1.54) is 10.7 Å². The van der Waals surface area contributed by atoms with Crippen molar-refractivity contribution in [2.75, 3.05) is 0 Å². The molecule has 16 heavy (non-hydrogen) atoms. The first-order valence-electron chi connectivity index (χ1n) is 4.65. The molecule has 0 saturated carbocycles. The molecule has 84 valence electrons. The molecule has 0 amide bonds. The Labute approximate surface area is 95.9 Å². The van der Waals surface area contributed by atoms with Crippen LogP contribution in [0, 0.1) is 0 Å². The molecular weight excluding hydrogens is 232 g/mol. The van der Waals surface area contributed by atoms with Gasteiger partial charge < -0.3 is 5.11 Å². The van der Waals surface area contributed by atoms with E-state index in [2.05, 4.69) is 15.1 Å². The van der Waals surface area contributed by atoms with E-state index in [0.717, 1.165) is 0 Å². The van der Waals surface area contributed by atoms with Gasteiger partial charge in [0.25, 0.3) is 5.78 Å². The molecule has 2 rings (SSSR count). The topological polar surface area (TPSA) is 80.4 Å². The predicted octanol–water partition coefficient (Wildman–Crippen LogP) is 1.60. The lowest BCUT2D eigenvalue weighted by Crippen LogP contribution is -2.04. The molecule has 0 unspecified atom stereocenters. The molecular formula is C9H9ClN4O2. The van der Waals surface area contributed by atoms with Gasteiger partial charge in [-0.05, 0) is 0 Å². The lowest BCUT2D eigenvalue weighted by molar-refractivity contribution is 0.0696. The number of hydrogen-bond acceptors (Lipinski definition) is 4. The summed E-state index contributed by atoms with van der Waals surface area (Å²) in [7, 11) is 0. The summed E-state index contributed by atoms with van der Waals surface area (Å²) in [5.41, 5.74) is -0.0885. The highest BCUT2D eigenvalue weighted by Gasteiger charge is 2.16. The highest BCUT2D eigenvalue weighted by molar-refractivity contribution is 6.32.